The second kappa shape index (κ2) is 6.00. The topological polar surface area (TPSA) is 60.9 Å². The molecule has 126 valence electrons. The van der Waals surface area contributed by atoms with Crippen LogP contribution in [-0.2, 0) is 6.54 Å². The van der Waals surface area contributed by atoms with Crippen LogP contribution in [0.2, 0.25) is 0 Å². The molecule has 6 nitrogen and oxygen atoms in total. The molecule has 3 aromatic rings. The first-order valence-corrected chi connectivity index (χ1v) is 7.69. The second-order valence-corrected chi connectivity index (χ2v) is 6.00. The van der Waals surface area contributed by atoms with Crippen molar-refractivity contribution in [1.29, 1.82) is 0 Å². The normalized spacial score (nSPS) is 12.6. The van der Waals surface area contributed by atoms with E-state index >= 15 is 0 Å². The van der Waals surface area contributed by atoms with Crippen molar-refractivity contribution in [2.45, 2.75) is 26.6 Å². The summed E-state index contributed by atoms with van der Waals surface area (Å²) in [4.78, 5) is 12.6. The molecule has 0 fully saturated rings. The van der Waals surface area contributed by atoms with Crippen molar-refractivity contribution in [2.75, 3.05) is 0 Å². The van der Waals surface area contributed by atoms with Crippen molar-refractivity contribution < 1.29 is 13.2 Å². The van der Waals surface area contributed by atoms with Gasteiger partial charge in [-0.1, -0.05) is 0 Å². The highest BCUT2D eigenvalue weighted by molar-refractivity contribution is 9.10. The van der Waals surface area contributed by atoms with E-state index in [1.165, 1.54) is 18.3 Å². The minimum atomic E-state index is -4.33. The molecule has 0 atom stereocenters. The van der Waals surface area contributed by atoms with Crippen LogP contribution in [0, 0.1) is 13.8 Å². The Morgan fingerprint density at radius 3 is 2.62 bits per heavy atom. The van der Waals surface area contributed by atoms with Crippen LogP contribution in [0.3, 0.4) is 0 Å². The van der Waals surface area contributed by atoms with Gasteiger partial charge in [0.25, 0.3) is 0 Å². The zero-order valence-corrected chi connectivity index (χ0v) is 14.3. The highest BCUT2D eigenvalue weighted by atomic mass is 79.9. The Hall–Kier alpha value is -2.23. The zero-order valence-electron chi connectivity index (χ0n) is 12.7. The number of hydrogen-bond acceptors (Lipinski definition) is 4. The van der Waals surface area contributed by atoms with Gasteiger partial charge >= 0.3 is 6.18 Å². The average Bonchev–Trinajstić information content (AvgIpc) is 3.04. The fourth-order valence-corrected chi connectivity index (χ4v) is 2.61. The van der Waals surface area contributed by atoms with E-state index in [4.69, 9.17) is 0 Å². The Balaban J connectivity index is 1.94. The van der Waals surface area contributed by atoms with Crippen molar-refractivity contribution in [1.82, 2.24) is 29.1 Å². The van der Waals surface area contributed by atoms with Gasteiger partial charge in [-0.25, -0.2) is 15.0 Å². The van der Waals surface area contributed by atoms with Crippen LogP contribution in [-0.4, -0.2) is 35.3 Å². The lowest BCUT2D eigenvalue weighted by Gasteiger charge is -2.08. The average molecular weight is 401 g/mol. The highest BCUT2D eigenvalue weighted by Crippen LogP contribution is 2.21. The Bertz CT molecular complexity index is 886. The van der Waals surface area contributed by atoms with Crippen LogP contribution >= 0.6 is 15.9 Å². The number of aromatic nitrogens is 6. The molecule has 0 saturated heterocycles. The lowest BCUT2D eigenvalue weighted by Crippen LogP contribution is -2.17. The molecule has 0 spiro atoms. The van der Waals surface area contributed by atoms with Crippen LogP contribution in [0.5, 0.6) is 0 Å². The molecule has 3 rings (SSSR count). The predicted molar refractivity (Wildman–Crippen MR) is 85.2 cm³/mol. The van der Waals surface area contributed by atoms with Crippen molar-refractivity contribution in [3.05, 3.63) is 40.0 Å². The van der Waals surface area contributed by atoms with Gasteiger partial charge in [0.05, 0.1) is 0 Å². The summed E-state index contributed by atoms with van der Waals surface area (Å²) >= 11 is 3.09. The molecule has 0 saturated carbocycles. The maximum atomic E-state index is 12.6. The number of imidazole rings is 1. The molecule has 0 unspecified atom stereocenters. The van der Waals surface area contributed by atoms with E-state index in [-0.39, 0.29) is 5.82 Å². The molecular formula is C14H12BrF3N6. The van der Waals surface area contributed by atoms with E-state index in [0.717, 1.165) is 10.1 Å². The fourth-order valence-electron chi connectivity index (χ4n) is 2.18. The molecule has 3 aromatic heterocycles. The Morgan fingerprint density at radius 2 is 1.96 bits per heavy atom. The summed E-state index contributed by atoms with van der Waals surface area (Å²) in [7, 11) is 0. The number of alkyl halides is 3. The molecule has 0 aliphatic rings. The van der Waals surface area contributed by atoms with E-state index in [2.05, 4.69) is 36.0 Å². The van der Waals surface area contributed by atoms with Crippen LogP contribution in [0.15, 0.2) is 17.0 Å². The molecule has 0 radical (unpaired) electrons. The summed E-state index contributed by atoms with van der Waals surface area (Å²) in [5.74, 6) is 1.19. The predicted octanol–water partition coefficient (Wildman–Crippen LogP) is 3.43. The number of aryl methyl sites for hydroxylation is 2. The Labute approximate surface area is 143 Å². The van der Waals surface area contributed by atoms with E-state index in [1.807, 2.05) is 6.92 Å². The smallest absolute Gasteiger partial charge is 0.321 e. The first-order valence-electron chi connectivity index (χ1n) is 6.89. The van der Waals surface area contributed by atoms with Crippen LogP contribution in [0.1, 0.15) is 23.0 Å². The standard InChI is InChI=1S/C14H12BrF3N6/c1-8-5-19-9(2)24-13(8)21-11(22-24)3-4-12-20-10(15)6-23(12)7-14(16,17)18/h3-6H,7H2,1-2H3. The number of hydrogen-bond donors (Lipinski definition) is 0. The van der Waals surface area contributed by atoms with Gasteiger partial charge < -0.3 is 4.57 Å². The molecule has 0 aromatic carbocycles. The largest absolute Gasteiger partial charge is 0.406 e. The van der Waals surface area contributed by atoms with Crippen molar-refractivity contribution in [2.24, 2.45) is 0 Å². The van der Waals surface area contributed by atoms with Gasteiger partial charge in [-0.3, -0.25) is 0 Å². The second-order valence-electron chi connectivity index (χ2n) is 5.19. The van der Waals surface area contributed by atoms with Crippen LogP contribution < -0.4 is 0 Å². The molecule has 0 bridgehead atoms. The van der Waals surface area contributed by atoms with E-state index in [1.54, 1.807) is 17.6 Å². The van der Waals surface area contributed by atoms with E-state index in [0.29, 0.717) is 21.9 Å². The zero-order chi connectivity index (χ0) is 17.5. The number of fused-ring (bicyclic) bond motifs is 1. The molecular weight excluding hydrogens is 389 g/mol. The summed E-state index contributed by atoms with van der Waals surface area (Å²) in [6, 6.07) is 0. The summed E-state index contributed by atoms with van der Waals surface area (Å²) in [5, 5.41) is 4.28. The molecule has 0 amide bonds. The van der Waals surface area contributed by atoms with Gasteiger partial charge in [0, 0.05) is 18.0 Å². The van der Waals surface area contributed by atoms with Crippen molar-refractivity contribution >= 4 is 33.7 Å². The van der Waals surface area contributed by atoms with Gasteiger partial charge in [0.1, 0.15) is 22.8 Å². The number of rotatable bonds is 3. The molecule has 0 N–H and O–H groups in total. The summed E-state index contributed by atoms with van der Waals surface area (Å²) in [6.07, 6.45) is 1.61. The minimum Gasteiger partial charge on any atom is -0.321 e. The lowest BCUT2D eigenvalue weighted by molar-refractivity contribution is -0.140. The first kappa shape index (κ1) is 16.6. The number of halogens is 4. The first-order chi connectivity index (χ1) is 11.2. The number of nitrogens with zero attached hydrogens (tertiary/aromatic N) is 6. The monoisotopic (exact) mass is 400 g/mol. The van der Waals surface area contributed by atoms with Gasteiger partial charge in [-0.15, -0.1) is 5.10 Å². The molecule has 24 heavy (non-hydrogen) atoms. The Kier molecular flexibility index (Phi) is 4.16. The van der Waals surface area contributed by atoms with Gasteiger partial charge in [0.2, 0.25) is 0 Å². The van der Waals surface area contributed by atoms with Crippen LogP contribution in [0.25, 0.3) is 17.8 Å². The SMILES string of the molecule is Cc1cnc(C)n2nc(C=Cc3nc(Br)cn3CC(F)(F)F)nc12. The maximum Gasteiger partial charge on any atom is 0.406 e. The van der Waals surface area contributed by atoms with Gasteiger partial charge in [0.15, 0.2) is 11.5 Å². The van der Waals surface area contributed by atoms with Crippen molar-refractivity contribution in [3.63, 3.8) is 0 Å². The highest BCUT2D eigenvalue weighted by Gasteiger charge is 2.29. The summed E-state index contributed by atoms with van der Waals surface area (Å²) in [5.41, 5.74) is 1.51. The van der Waals surface area contributed by atoms with Gasteiger partial charge in [-0.05, 0) is 41.9 Å². The molecule has 0 aliphatic heterocycles. The van der Waals surface area contributed by atoms with Crippen LogP contribution in [0.4, 0.5) is 13.2 Å². The fraction of sp³-hybridized carbons (Fsp3) is 0.286. The lowest BCUT2D eigenvalue weighted by atomic mass is 10.3. The molecule has 10 heteroatoms. The van der Waals surface area contributed by atoms with E-state index < -0.39 is 12.7 Å². The molecule has 3 heterocycles. The third-order valence-corrected chi connectivity index (χ3v) is 3.62. The third-order valence-electron chi connectivity index (χ3n) is 3.24. The maximum absolute atomic E-state index is 12.6. The quantitative estimate of drug-likeness (QED) is 0.675. The summed E-state index contributed by atoms with van der Waals surface area (Å²) < 4.78 is 40.7. The summed E-state index contributed by atoms with van der Waals surface area (Å²) in [6.45, 7) is 2.53. The van der Waals surface area contributed by atoms with E-state index in [9.17, 15) is 13.2 Å². The van der Waals surface area contributed by atoms with Gasteiger partial charge in [-0.2, -0.15) is 17.7 Å². The van der Waals surface area contributed by atoms with Crippen molar-refractivity contribution in [3.8, 4) is 0 Å². The Morgan fingerprint density at radius 1 is 1.21 bits per heavy atom. The minimum absolute atomic E-state index is 0.157. The molecule has 0 aliphatic carbocycles. The third kappa shape index (κ3) is 3.48.